The molecule has 0 aliphatic carbocycles. The van der Waals surface area contributed by atoms with Gasteiger partial charge in [-0.3, -0.25) is 14.5 Å². The van der Waals surface area contributed by atoms with E-state index in [-0.39, 0.29) is 17.7 Å². The highest BCUT2D eigenvalue weighted by atomic mass is 35.5. The number of alkyl halides is 1. The maximum Gasteiger partial charge on any atom is 0.229 e. The van der Waals surface area contributed by atoms with Crippen LogP contribution < -0.4 is 0 Å². The number of amides is 2. The standard InChI is InChI=1S/C15H18ClNO2/c16-8-4-5-9-17-14(18)10-13(11-15(17)19)12-6-2-1-3-7-12/h1-3,6-7,13H,4-5,8-11H2. The van der Waals surface area contributed by atoms with Gasteiger partial charge in [0.05, 0.1) is 0 Å². The van der Waals surface area contributed by atoms with Gasteiger partial charge in [0.15, 0.2) is 0 Å². The molecule has 1 saturated heterocycles. The zero-order valence-electron chi connectivity index (χ0n) is 10.8. The first-order valence-electron chi connectivity index (χ1n) is 6.66. The number of nitrogens with zero attached hydrogens (tertiary/aromatic N) is 1. The van der Waals surface area contributed by atoms with E-state index in [4.69, 9.17) is 11.6 Å². The van der Waals surface area contributed by atoms with Gasteiger partial charge in [0.25, 0.3) is 0 Å². The van der Waals surface area contributed by atoms with E-state index in [1.54, 1.807) is 0 Å². The van der Waals surface area contributed by atoms with E-state index in [1.165, 1.54) is 4.90 Å². The second-order valence-corrected chi connectivity index (χ2v) is 5.23. The molecule has 0 bridgehead atoms. The van der Waals surface area contributed by atoms with Crippen LogP contribution in [0.3, 0.4) is 0 Å². The topological polar surface area (TPSA) is 37.4 Å². The molecule has 2 amide bonds. The van der Waals surface area contributed by atoms with Gasteiger partial charge in [0.2, 0.25) is 11.8 Å². The van der Waals surface area contributed by atoms with Crippen molar-refractivity contribution in [3.63, 3.8) is 0 Å². The lowest BCUT2D eigenvalue weighted by molar-refractivity contribution is -0.148. The first kappa shape index (κ1) is 14.1. The summed E-state index contributed by atoms with van der Waals surface area (Å²) in [5.74, 6) is 0.493. The van der Waals surface area contributed by atoms with Crippen LogP contribution in [0.1, 0.15) is 37.2 Å². The Morgan fingerprint density at radius 2 is 1.68 bits per heavy atom. The third-order valence-corrected chi connectivity index (χ3v) is 3.75. The Hall–Kier alpha value is -1.35. The molecule has 1 heterocycles. The average molecular weight is 280 g/mol. The minimum absolute atomic E-state index is 0.0328. The second kappa shape index (κ2) is 6.71. The zero-order valence-corrected chi connectivity index (χ0v) is 11.6. The van der Waals surface area contributed by atoms with Crippen molar-refractivity contribution in [2.45, 2.75) is 31.6 Å². The maximum absolute atomic E-state index is 12.1. The Morgan fingerprint density at radius 1 is 1.05 bits per heavy atom. The van der Waals surface area contributed by atoms with Crippen LogP contribution in [0.25, 0.3) is 0 Å². The van der Waals surface area contributed by atoms with Crippen LogP contribution in [0, 0.1) is 0 Å². The maximum atomic E-state index is 12.1. The number of piperidine rings is 1. The summed E-state index contributed by atoms with van der Waals surface area (Å²) < 4.78 is 0. The third-order valence-electron chi connectivity index (χ3n) is 3.48. The quantitative estimate of drug-likeness (QED) is 0.472. The van der Waals surface area contributed by atoms with E-state index < -0.39 is 0 Å². The Kier molecular flexibility index (Phi) is 4.97. The minimum atomic E-state index is -0.0559. The molecule has 0 unspecified atom stereocenters. The van der Waals surface area contributed by atoms with Gasteiger partial charge < -0.3 is 0 Å². The fourth-order valence-corrected chi connectivity index (χ4v) is 2.62. The number of hydrogen-bond donors (Lipinski definition) is 0. The van der Waals surface area contributed by atoms with E-state index in [1.807, 2.05) is 30.3 Å². The SMILES string of the molecule is O=C1CC(c2ccccc2)CC(=O)N1CCCCCl. The first-order valence-corrected chi connectivity index (χ1v) is 7.20. The molecule has 0 N–H and O–H groups in total. The summed E-state index contributed by atoms with van der Waals surface area (Å²) in [7, 11) is 0. The molecule has 1 aromatic carbocycles. The van der Waals surface area contributed by atoms with Gasteiger partial charge in [-0.15, -0.1) is 11.6 Å². The van der Waals surface area contributed by atoms with Gasteiger partial charge in [0, 0.05) is 31.2 Å². The Balaban J connectivity index is 1.98. The monoisotopic (exact) mass is 279 g/mol. The lowest BCUT2D eigenvalue weighted by Crippen LogP contribution is -2.43. The first-order chi connectivity index (χ1) is 9.22. The van der Waals surface area contributed by atoms with Crippen LogP contribution >= 0.6 is 11.6 Å². The van der Waals surface area contributed by atoms with Crippen molar-refractivity contribution in [1.29, 1.82) is 0 Å². The molecular weight excluding hydrogens is 262 g/mol. The van der Waals surface area contributed by atoms with Gasteiger partial charge in [-0.05, 0) is 18.4 Å². The summed E-state index contributed by atoms with van der Waals surface area (Å²) in [4.78, 5) is 25.5. The van der Waals surface area contributed by atoms with E-state index >= 15 is 0 Å². The number of benzene rings is 1. The van der Waals surface area contributed by atoms with Crippen molar-refractivity contribution >= 4 is 23.4 Å². The lowest BCUT2D eigenvalue weighted by Gasteiger charge is -2.30. The van der Waals surface area contributed by atoms with Crippen LogP contribution in [0.15, 0.2) is 30.3 Å². The average Bonchev–Trinajstić information content (AvgIpc) is 2.43. The summed E-state index contributed by atoms with van der Waals surface area (Å²) in [6.07, 6.45) is 2.48. The van der Waals surface area contributed by atoms with Crippen LogP contribution in [-0.4, -0.2) is 29.1 Å². The number of unbranched alkanes of at least 4 members (excludes halogenated alkanes) is 1. The molecular formula is C15H18ClNO2. The number of imide groups is 1. The van der Waals surface area contributed by atoms with Crippen molar-refractivity contribution in [3.05, 3.63) is 35.9 Å². The molecule has 0 aromatic heterocycles. The number of hydrogen-bond acceptors (Lipinski definition) is 2. The molecule has 1 aliphatic rings. The molecule has 0 saturated carbocycles. The number of carbonyl (C=O) groups is 2. The number of carbonyl (C=O) groups excluding carboxylic acids is 2. The van der Waals surface area contributed by atoms with Crippen molar-refractivity contribution < 1.29 is 9.59 Å². The molecule has 19 heavy (non-hydrogen) atoms. The van der Waals surface area contributed by atoms with Gasteiger partial charge in [0.1, 0.15) is 0 Å². The summed E-state index contributed by atoms with van der Waals surface area (Å²) in [6.45, 7) is 0.506. The Labute approximate surface area is 118 Å². The zero-order chi connectivity index (χ0) is 13.7. The van der Waals surface area contributed by atoms with Gasteiger partial charge in [-0.1, -0.05) is 30.3 Å². The van der Waals surface area contributed by atoms with E-state index in [2.05, 4.69) is 0 Å². The van der Waals surface area contributed by atoms with Gasteiger partial charge >= 0.3 is 0 Å². The van der Waals surface area contributed by atoms with Crippen LogP contribution in [-0.2, 0) is 9.59 Å². The smallest absolute Gasteiger partial charge is 0.229 e. The Bertz CT molecular complexity index is 429. The van der Waals surface area contributed by atoms with Crippen molar-refractivity contribution in [2.75, 3.05) is 12.4 Å². The van der Waals surface area contributed by atoms with Crippen LogP contribution in [0.4, 0.5) is 0 Å². The molecule has 102 valence electrons. The highest BCUT2D eigenvalue weighted by molar-refractivity contribution is 6.17. The molecule has 1 aromatic rings. The predicted molar refractivity (Wildman–Crippen MR) is 75.1 cm³/mol. The molecule has 1 aliphatic heterocycles. The third kappa shape index (κ3) is 3.57. The van der Waals surface area contributed by atoms with Gasteiger partial charge in [-0.2, -0.15) is 0 Å². The lowest BCUT2D eigenvalue weighted by atomic mass is 9.88. The number of halogens is 1. The fourth-order valence-electron chi connectivity index (χ4n) is 2.43. The highest BCUT2D eigenvalue weighted by Crippen LogP contribution is 2.29. The largest absolute Gasteiger partial charge is 0.283 e. The summed E-state index contributed by atoms with van der Waals surface area (Å²) >= 11 is 5.61. The van der Waals surface area contributed by atoms with Gasteiger partial charge in [-0.25, -0.2) is 0 Å². The van der Waals surface area contributed by atoms with Crippen molar-refractivity contribution in [1.82, 2.24) is 4.90 Å². The summed E-state index contributed by atoms with van der Waals surface area (Å²) in [5, 5.41) is 0. The predicted octanol–water partition coefficient (Wildman–Crippen LogP) is 2.94. The molecule has 0 radical (unpaired) electrons. The van der Waals surface area contributed by atoms with Crippen molar-refractivity contribution in [2.24, 2.45) is 0 Å². The fraction of sp³-hybridized carbons (Fsp3) is 0.467. The second-order valence-electron chi connectivity index (χ2n) is 4.85. The summed E-state index contributed by atoms with van der Waals surface area (Å²) in [5.41, 5.74) is 1.07. The molecule has 0 spiro atoms. The molecule has 1 fully saturated rings. The Morgan fingerprint density at radius 3 is 2.26 bits per heavy atom. The van der Waals surface area contributed by atoms with Crippen molar-refractivity contribution in [3.8, 4) is 0 Å². The van der Waals surface area contributed by atoms with Crippen LogP contribution in [0.2, 0.25) is 0 Å². The van der Waals surface area contributed by atoms with E-state index in [0.717, 1.165) is 18.4 Å². The minimum Gasteiger partial charge on any atom is -0.283 e. The highest BCUT2D eigenvalue weighted by Gasteiger charge is 2.32. The molecule has 0 atom stereocenters. The van der Waals surface area contributed by atoms with Crippen LogP contribution in [0.5, 0.6) is 0 Å². The molecule has 3 nitrogen and oxygen atoms in total. The normalized spacial score (nSPS) is 17.0. The molecule has 2 rings (SSSR count). The summed E-state index contributed by atoms with van der Waals surface area (Å²) in [6, 6.07) is 9.78. The number of likely N-dealkylation sites (tertiary alicyclic amines) is 1. The van der Waals surface area contributed by atoms with E-state index in [0.29, 0.717) is 25.3 Å². The van der Waals surface area contributed by atoms with E-state index in [9.17, 15) is 9.59 Å². The molecule has 4 heteroatoms. The number of rotatable bonds is 5.